The summed E-state index contributed by atoms with van der Waals surface area (Å²) in [6, 6.07) is 6.79. The normalized spacial score (nSPS) is 16.7. The number of benzene rings is 1. The number of hydrogen-bond donors (Lipinski definition) is 0. The Labute approximate surface area is 142 Å². The monoisotopic (exact) mass is 318 g/mol. The molecule has 0 saturated carbocycles. The minimum atomic E-state index is 0.818. The van der Waals surface area contributed by atoms with Gasteiger partial charge in [-0.3, -0.25) is 0 Å². The lowest BCUT2D eigenvalue weighted by Gasteiger charge is -2.32. The van der Waals surface area contributed by atoms with Crippen LogP contribution in [0.3, 0.4) is 0 Å². The Balaban J connectivity index is 1.88. The number of piperazine rings is 1. The molecule has 0 amide bonds. The van der Waals surface area contributed by atoms with Crippen molar-refractivity contribution in [2.75, 3.05) is 46.4 Å². The first-order valence-corrected chi connectivity index (χ1v) is 9.38. The molecule has 2 rings (SSSR count). The van der Waals surface area contributed by atoms with Gasteiger partial charge >= 0.3 is 0 Å². The lowest BCUT2D eigenvalue weighted by molar-refractivity contribution is 0.153. The van der Waals surface area contributed by atoms with E-state index < -0.39 is 0 Å². The fourth-order valence-corrected chi connectivity index (χ4v) is 3.19. The predicted octanol–water partition coefficient (Wildman–Crippen LogP) is 3.61. The van der Waals surface area contributed by atoms with E-state index in [0.29, 0.717) is 0 Å². The van der Waals surface area contributed by atoms with Crippen LogP contribution in [0.2, 0.25) is 0 Å². The minimum Gasteiger partial charge on any atom is -0.493 e. The van der Waals surface area contributed by atoms with E-state index in [0.717, 1.165) is 25.2 Å². The largest absolute Gasteiger partial charge is 0.493 e. The molecule has 1 saturated heterocycles. The first-order valence-electron chi connectivity index (χ1n) is 9.38. The lowest BCUT2D eigenvalue weighted by atomic mass is 10.0. The fourth-order valence-electron chi connectivity index (χ4n) is 3.19. The zero-order valence-electron chi connectivity index (χ0n) is 15.3. The average molecular weight is 319 g/mol. The van der Waals surface area contributed by atoms with Crippen LogP contribution < -0.4 is 4.74 Å². The molecule has 3 heteroatoms. The van der Waals surface area contributed by atoms with E-state index >= 15 is 0 Å². The molecule has 0 bridgehead atoms. The Kier molecular flexibility index (Phi) is 7.90. The summed E-state index contributed by atoms with van der Waals surface area (Å²) in [5.74, 6) is 1.10. The summed E-state index contributed by atoms with van der Waals surface area (Å²) < 4.78 is 5.96. The highest BCUT2D eigenvalue weighted by Crippen LogP contribution is 2.23. The topological polar surface area (TPSA) is 15.7 Å². The van der Waals surface area contributed by atoms with Crippen molar-refractivity contribution in [3.8, 4) is 5.75 Å². The summed E-state index contributed by atoms with van der Waals surface area (Å²) in [6.07, 6.45) is 5.79. The first-order chi connectivity index (χ1) is 11.2. The van der Waals surface area contributed by atoms with E-state index in [-0.39, 0.29) is 0 Å². The van der Waals surface area contributed by atoms with E-state index in [9.17, 15) is 0 Å². The van der Waals surface area contributed by atoms with Crippen molar-refractivity contribution in [3.63, 3.8) is 0 Å². The van der Waals surface area contributed by atoms with Crippen LogP contribution in [0.4, 0.5) is 0 Å². The summed E-state index contributed by atoms with van der Waals surface area (Å²) in [4.78, 5) is 5.02. The summed E-state index contributed by atoms with van der Waals surface area (Å²) in [6.45, 7) is 11.3. The van der Waals surface area contributed by atoms with Crippen molar-refractivity contribution < 1.29 is 4.74 Å². The summed E-state index contributed by atoms with van der Waals surface area (Å²) in [5.41, 5.74) is 2.85. The fraction of sp³-hybridized carbons (Fsp3) is 0.700. The Hall–Kier alpha value is -1.06. The SMILES string of the molecule is CCCOc1ccc(CCC)cc1CCCN1CCN(C)CC1. The molecule has 0 unspecified atom stereocenters. The van der Waals surface area contributed by atoms with Gasteiger partial charge in [-0.05, 0) is 56.5 Å². The summed E-state index contributed by atoms with van der Waals surface area (Å²) in [7, 11) is 2.22. The molecule has 1 fully saturated rings. The number of likely N-dealkylation sites (N-methyl/N-ethyl adjacent to an activating group) is 1. The molecular formula is C20H34N2O. The Bertz CT molecular complexity index is 453. The molecule has 130 valence electrons. The summed E-state index contributed by atoms with van der Waals surface area (Å²) >= 11 is 0. The van der Waals surface area contributed by atoms with E-state index in [1.807, 2.05) is 0 Å². The van der Waals surface area contributed by atoms with Crippen LogP contribution in [-0.2, 0) is 12.8 Å². The number of nitrogens with zero attached hydrogens (tertiary/aromatic N) is 2. The van der Waals surface area contributed by atoms with Crippen LogP contribution in [0.25, 0.3) is 0 Å². The van der Waals surface area contributed by atoms with Crippen LogP contribution in [0.15, 0.2) is 18.2 Å². The highest BCUT2D eigenvalue weighted by atomic mass is 16.5. The quantitative estimate of drug-likeness (QED) is 0.692. The average Bonchev–Trinajstić information content (AvgIpc) is 2.56. The van der Waals surface area contributed by atoms with Gasteiger partial charge in [-0.25, -0.2) is 0 Å². The first kappa shape index (κ1) is 18.3. The van der Waals surface area contributed by atoms with Crippen molar-refractivity contribution in [2.45, 2.75) is 46.0 Å². The number of hydrogen-bond acceptors (Lipinski definition) is 3. The van der Waals surface area contributed by atoms with E-state index in [1.165, 1.54) is 63.1 Å². The van der Waals surface area contributed by atoms with Gasteiger partial charge in [0, 0.05) is 26.2 Å². The lowest BCUT2D eigenvalue weighted by Crippen LogP contribution is -2.44. The van der Waals surface area contributed by atoms with Crippen LogP contribution >= 0.6 is 0 Å². The third-order valence-corrected chi connectivity index (χ3v) is 4.64. The molecular weight excluding hydrogens is 284 g/mol. The zero-order valence-corrected chi connectivity index (χ0v) is 15.3. The van der Waals surface area contributed by atoms with Gasteiger partial charge in [0.2, 0.25) is 0 Å². The van der Waals surface area contributed by atoms with Crippen LogP contribution in [-0.4, -0.2) is 56.2 Å². The van der Waals surface area contributed by atoms with Gasteiger partial charge in [0.05, 0.1) is 6.61 Å². The molecule has 1 heterocycles. The van der Waals surface area contributed by atoms with Gasteiger partial charge in [-0.15, -0.1) is 0 Å². The second kappa shape index (κ2) is 9.94. The van der Waals surface area contributed by atoms with Crippen molar-refractivity contribution in [1.82, 2.24) is 9.80 Å². The molecule has 0 aromatic heterocycles. The maximum absolute atomic E-state index is 5.96. The molecule has 1 aromatic carbocycles. The number of rotatable bonds is 9. The highest BCUT2D eigenvalue weighted by molar-refractivity contribution is 5.37. The van der Waals surface area contributed by atoms with Crippen molar-refractivity contribution >= 4 is 0 Å². The number of aryl methyl sites for hydroxylation is 2. The highest BCUT2D eigenvalue weighted by Gasteiger charge is 2.13. The van der Waals surface area contributed by atoms with Crippen molar-refractivity contribution in [2.24, 2.45) is 0 Å². The van der Waals surface area contributed by atoms with Crippen LogP contribution in [0.5, 0.6) is 5.75 Å². The molecule has 1 aliphatic rings. The second-order valence-electron chi connectivity index (χ2n) is 6.79. The smallest absolute Gasteiger partial charge is 0.122 e. The van der Waals surface area contributed by atoms with Gasteiger partial charge in [0.1, 0.15) is 5.75 Å². The Morgan fingerprint density at radius 1 is 1.00 bits per heavy atom. The molecule has 1 aliphatic heterocycles. The molecule has 3 nitrogen and oxygen atoms in total. The molecule has 1 aromatic rings. The Morgan fingerprint density at radius 2 is 1.78 bits per heavy atom. The van der Waals surface area contributed by atoms with Crippen molar-refractivity contribution in [1.29, 1.82) is 0 Å². The van der Waals surface area contributed by atoms with E-state index in [2.05, 4.69) is 48.9 Å². The molecule has 0 aliphatic carbocycles. The molecule has 0 N–H and O–H groups in total. The third-order valence-electron chi connectivity index (χ3n) is 4.64. The molecule has 0 radical (unpaired) electrons. The van der Waals surface area contributed by atoms with Crippen LogP contribution in [0, 0.1) is 0 Å². The van der Waals surface area contributed by atoms with Gasteiger partial charge in [0.15, 0.2) is 0 Å². The summed E-state index contributed by atoms with van der Waals surface area (Å²) in [5, 5.41) is 0. The second-order valence-corrected chi connectivity index (χ2v) is 6.79. The number of ether oxygens (including phenoxy) is 1. The minimum absolute atomic E-state index is 0.818. The van der Waals surface area contributed by atoms with Gasteiger partial charge in [-0.1, -0.05) is 32.4 Å². The van der Waals surface area contributed by atoms with E-state index in [4.69, 9.17) is 4.74 Å². The van der Waals surface area contributed by atoms with E-state index in [1.54, 1.807) is 0 Å². The third kappa shape index (κ3) is 6.15. The zero-order chi connectivity index (χ0) is 16.5. The molecule has 0 spiro atoms. The van der Waals surface area contributed by atoms with Crippen molar-refractivity contribution in [3.05, 3.63) is 29.3 Å². The van der Waals surface area contributed by atoms with Gasteiger partial charge in [-0.2, -0.15) is 0 Å². The standard InChI is InChI=1S/C20H34N2O/c1-4-7-18-9-10-20(23-16-5-2)19(17-18)8-6-11-22-14-12-21(3)13-15-22/h9-10,17H,4-8,11-16H2,1-3H3. The van der Waals surface area contributed by atoms with Gasteiger partial charge < -0.3 is 14.5 Å². The Morgan fingerprint density at radius 3 is 2.48 bits per heavy atom. The van der Waals surface area contributed by atoms with Crippen LogP contribution in [0.1, 0.15) is 44.2 Å². The molecule has 23 heavy (non-hydrogen) atoms. The van der Waals surface area contributed by atoms with Gasteiger partial charge in [0.25, 0.3) is 0 Å². The predicted molar refractivity (Wildman–Crippen MR) is 98.5 cm³/mol. The maximum atomic E-state index is 5.96. The maximum Gasteiger partial charge on any atom is 0.122 e. The molecule has 0 atom stereocenters.